The lowest BCUT2D eigenvalue weighted by Gasteiger charge is -2.32. The number of ether oxygens (including phenoxy) is 1. The quantitative estimate of drug-likeness (QED) is 0.744. The lowest BCUT2D eigenvalue weighted by Crippen LogP contribution is -2.41. The molecule has 0 saturated carbocycles. The van der Waals surface area contributed by atoms with Gasteiger partial charge in [-0.3, -0.25) is 4.79 Å². The van der Waals surface area contributed by atoms with Gasteiger partial charge in [-0.1, -0.05) is 25.5 Å². The SMILES string of the molecule is CCc1ccc(OCC(=O)Nc2ccc(S(=O)(=O)N3CCCC[C@@H]3C)cc2)cc1. The third-order valence-electron chi connectivity index (χ3n) is 5.19. The van der Waals surface area contributed by atoms with Crippen LogP contribution in [-0.2, 0) is 21.2 Å². The summed E-state index contributed by atoms with van der Waals surface area (Å²) < 4.78 is 32.8. The topological polar surface area (TPSA) is 75.7 Å². The van der Waals surface area contributed by atoms with Gasteiger partial charge in [-0.25, -0.2) is 8.42 Å². The van der Waals surface area contributed by atoms with Crippen LogP contribution in [-0.4, -0.2) is 37.8 Å². The van der Waals surface area contributed by atoms with Crippen LogP contribution in [0.1, 0.15) is 38.7 Å². The van der Waals surface area contributed by atoms with Crippen LogP contribution >= 0.6 is 0 Å². The highest BCUT2D eigenvalue weighted by Crippen LogP contribution is 2.25. The molecule has 0 bridgehead atoms. The van der Waals surface area contributed by atoms with Gasteiger partial charge in [-0.2, -0.15) is 4.31 Å². The Balaban J connectivity index is 1.57. The molecule has 29 heavy (non-hydrogen) atoms. The lowest BCUT2D eigenvalue weighted by atomic mass is 10.1. The van der Waals surface area contributed by atoms with Crippen molar-refractivity contribution in [2.45, 2.75) is 50.5 Å². The number of carbonyl (C=O) groups excluding carboxylic acids is 1. The van der Waals surface area contributed by atoms with Crippen molar-refractivity contribution < 1.29 is 17.9 Å². The molecule has 1 fully saturated rings. The first-order valence-corrected chi connectivity index (χ1v) is 11.5. The highest BCUT2D eigenvalue weighted by molar-refractivity contribution is 7.89. The standard InChI is InChI=1S/C22H28N2O4S/c1-3-18-7-11-20(12-8-18)28-16-22(25)23-19-9-13-21(14-10-19)29(26,27)24-15-5-4-6-17(24)2/h7-14,17H,3-6,15-16H2,1-2H3,(H,23,25)/t17-/m0/s1. The Kier molecular flexibility index (Phi) is 6.92. The monoisotopic (exact) mass is 416 g/mol. The fourth-order valence-electron chi connectivity index (χ4n) is 3.44. The highest BCUT2D eigenvalue weighted by Gasteiger charge is 2.30. The Hall–Kier alpha value is -2.38. The van der Waals surface area contributed by atoms with Crippen molar-refractivity contribution in [3.05, 3.63) is 54.1 Å². The van der Waals surface area contributed by atoms with Crippen LogP contribution < -0.4 is 10.1 Å². The number of aryl methyl sites for hydroxylation is 1. The van der Waals surface area contributed by atoms with Crippen LogP contribution in [0.4, 0.5) is 5.69 Å². The van der Waals surface area contributed by atoms with E-state index in [9.17, 15) is 13.2 Å². The molecule has 0 radical (unpaired) electrons. The first-order chi connectivity index (χ1) is 13.9. The van der Waals surface area contributed by atoms with Gasteiger partial charge in [0.25, 0.3) is 5.91 Å². The number of piperidine rings is 1. The summed E-state index contributed by atoms with van der Waals surface area (Å²) in [6, 6.07) is 13.9. The summed E-state index contributed by atoms with van der Waals surface area (Å²) in [4.78, 5) is 12.4. The molecule has 2 aromatic carbocycles. The normalized spacial score (nSPS) is 17.7. The zero-order valence-corrected chi connectivity index (χ0v) is 17.7. The summed E-state index contributed by atoms with van der Waals surface area (Å²) in [6.07, 6.45) is 3.78. The van der Waals surface area contributed by atoms with E-state index in [0.717, 1.165) is 25.7 Å². The Bertz CT molecular complexity index is 924. The van der Waals surface area contributed by atoms with Gasteiger partial charge in [0.2, 0.25) is 10.0 Å². The maximum Gasteiger partial charge on any atom is 0.262 e. The van der Waals surface area contributed by atoms with Gasteiger partial charge in [0.1, 0.15) is 5.75 Å². The van der Waals surface area contributed by atoms with Crippen molar-refractivity contribution in [1.82, 2.24) is 4.31 Å². The van der Waals surface area contributed by atoms with Gasteiger partial charge in [0.05, 0.1) is 4.90 Å². The summed E-state index contributed by atoms with van der Waals surface area (Å²) >= 11 is 0. The molecule has 1 amide bonds. The first kappa shape index (κ1) is 21.3. The largest absolute Gasteiger partial charge is 0.484 e. The van der Waals surface area contributed by atoms with E-state index in [0.29, 0.717) is 18.0 Å². The molecular weight excluding hydrogens is 388 g/mol. The maximum atomic E-state index is 12.9. The van der Waals surface area contributed by atoms with E-state index in [4.69, 9.17) is 4.74 Å². The third-order valence-corrected chi connectivity index (χ3v) is 7.22. The maximum absolute atomic E-state index is 12.9. The molecule has 7 heteroatoms. The lowest BCUT2D eigenvalue weighted by molar-refractivity contribution is -0.118. The number of nitrogens with one attached hydrogen (secondary N) is 1. The predicted molar refractivity (Wildman–Crippen MR) is 114 cm³/mol. The molecule has 6 nitrogen and oxygen atoms in total. The van der Waals surface area contributed by atoms with E-state index in [-0.39, 0.29) is 23.5 Å². The number of rotatable bonds is 7. The van der Waals surface area contributed by atoms with Crippen molar-refractivity contribution in [1.29, 1.82) is 0 Å². The molecule has 1 saturated heterocycles. The summed E-state index contributed by atoms with van der Waals surface area (Å²) in [5.74, 6) is 0.333. The summed E-state index contributed by atoms with van der Waals surface area (Å²) in [6.45, 7) is 4.46. The van der Waals surface area contributed by atoms with E-state index in [2.05, 4.69) is 12.2 Å². The second kappa shape index (κ2) is 9.41. The second-order valence-corrected chi connectivity index (χ2v) is 9.21. The van der Waals surface area contributed by atoms with Crippen LogP contribution in [0.3, 0.4) is 0 Å². The minimum atomic E-state index is -3.51. The molecule has 0 aromatic heterocycles. The molecule has 0 unspecified atom stereocenters. The molecule has 1 N–H and O–H groups in total. The number of carbonyl (C=O) groups is 1. The number of amides is 1. The van der Waals surface area contributed by atoms with E-state index in [1.807, 2.05) is 31.2 Å². The smallest absolute Gasteiger partial charge is 0.262 e. The number of benzene rings is 2. The molecule has 1 aliphatic rings. The van der Waals surface area contributed by atoms with Crippen LogP contribution in [0.15, 0.2) is 53.4 Å². The Morgan fingerprint density at radius 1 is 1.10 bits per heavy atom. The Morgan fingerprint density at radius 2 is 1.79 bits per heavy atom. The van der Waals surface area contributed by atoms with Gasteiger partial charge in [-0.05, 0) is 68.1 Å². The zero-order valence-electron chi connectivity index (χ0n) is 16.9. The van der Waals surface area contributed by atoms with Gasteiger partial charge in [0.15, 0.2) is 6.61 Å². The Labute approximate surface area is 172 Å². The van der Waals surface area contributed by atoms with E-state index in [1.54, 1.807) is 16.4 Å². The fourth-order valence-corrected chi connectivity index (χ4v) is 5.14. The fraction of sp³-hybridized carbons (Fsp3) is 0.409. The number of nitrogens with zero attached hydrogens (tertiary/aromatic N) is 1. The minimum Gasteiger partial charge on any atom is -0.484 e. The number of anilines is 1. The molecule has 0 aliphatic carbocycles. The van der Waals surface area contributed by atoms with E-state index < -0.39 is 10.0 Å². The number of hydrogen-bond donors (Lipinski definition) is 1. The summed E-state index contributed by atoms with van der Waals surface area (Å²) in [7, 11) is -3.51. The van der Waals surface area contributed by atoms with E-state index >= 15 is 0 Å². The number of sulfonamides is 1. The van der Waals surface area contributed by atoms with E-state index in [1.165, 1.54) is 17.7 Å². The van der Waals surface area contributed by atoms with Gasteiger partial charge in [-0.15, -0.1) is 0 Å². The molecule has 1 heterocycles. The van der Waals surface area contributed by atoms with Crippen LogP contribution in [0.5, 0.6) is 5.75 Å². The summed E-state index contributed by atoms with van der Waals surface area (Å²) in [5.41, 5.74) is 1.74. The van der Waals surface area contributed by atoms with Gasteiger partial charge >= 0.3 is 0 Å². The molecule has 156 valence electrons. The minimum absolute atomic E-state index is 0.0108. The summed E-state index contributed by atoms with van der Waals surface area (Å²) in [5, 5.41) is 2.73. The van der Waals surface area contributed by atoms with Crippen LogP contribution in [0, 0.1) is 0 Å². The highest BCUT2D eigenvalue weighted by atomic mass is 32.2. The molecule has 2 aromatic rings. The van der Waals surface area contributed by atoms with Gasteiger partial charge < -0.3 is 10.1 Å². The average molecular weight is 417 g/mol. The first-order valence-electron chi connectivity index (χ1n) is 10.0. The van der Waals surface area contributed by atoms with Gasteiger partial charge in [0, 0.05) is 18.3 Å². The molecular formula is C22H28N2O4S. The van der Waals surface area contributed by atoms with Crippen molar-refractivity contribution in [3.63, 3.8) is 0 Å². The van der Waals surface area contributed by atoms with Crippen molar-refractivity contribution in [3.8, 4) is 5.75 Å². The molecule has 0 spiro atoms. The van der Waals surface area contributed by atoms with Crippen LogP contribution in [0.2, 0.25) is 0 Å². The Morgan fingerprint density at radius 3 is 2.41 bits per heavy atom. The zero-order chi connectivity index (χ0) is 20.9. The third kappa shape index (κ3) is 5.36. The average Bonchev–Trinajstić information content (AvgIpc) is 2.73. The predicted octanol–water partition coefficient (Wildman–Crippen LogP) is 3.83. The number of hydrogen-bond acceptors (Lipinski definition) is 4. The molecule has 1 aliphatic heterocycles. The van der Waals surface area contributed by atoms with Crippen molar-refractivity contribution >= 4 is 21.6 Å². The van der Waals surface area contributed by atoms with Crippen molar-refractivity contribution in [2.24, 2.45) is 0 Å². The molecule has 1 atom stereocenters. The molecule has 3 rings (SSSR count). The van der Waals surface area contributed by atoms with Crippen molar-refractivity contribution in [2.75, 3.05) is 18.5 Å². The van der Waals surface area contributed by atoms with Crippen LogP contribution in [0.25, 0.3) is 0 Å². The second-order valence-electron chi connectivity index (χ2n) is 7.32.